The molecule has 0 bridgehead atoms. The molecule has 0 saturated carbocycles. The highest BCUT2D eigenvalue weighted by molar-refractivity contribution is 5.76. The molecule has 0 aliphatic carbocycles. The van der Waals surface area contributed by atoms with Crippen molar-refractivity contribution in [2.24, 2.45) is 0 Å². The molecular weight excluding hydrogens is 863 g/mol. The molecule has 70 heavy (non-hydrogen) atoms. The Hall–Kier alpha value is -1.66. The summed E-state index contributed by atoms with van der Waals surface area (Å²) in [7, 11) is 0. The summed E-state index contributed by atoms with van der Waals surface area (Å²) in [5.74, 6) is -0.0536. The van der Waals surface area contributed by atoms with Crippen molar-refractivity contribution in [2.75, 3.05) is 13.2 Å². The summed E-state index contributed by atoms with van der Waals surface area (Å²) in [5.41, 5.74) is 0. The molecule has 3 N–H and O–H groups in total. The fraction of sp³-hybridized carbons (Fsp3) is 0.906. The van der Waals surface area contributed by atoms with Crippen LogP contribution in [0, 0.1) is 0 Å². The number of amides is 1. The van der Waals surface area contributed by atoms with Crippen LogP contribution < -0.4 is 5.32 Å². The highest BCUT2D eigenvalue weighted by Crippen LogP contribution is 2.18. The minimum Gasteiger partial charge on any atom is -0.466 e. The number of hydrogen-bond donors (Lipinski definition) is 3. The van der Waals surface area contributed by atoms with Crippen LogP contribution in [0.2, 0.25) is 0 Å². The first-order valence-corrected chi connectivity index (χ1v) is 31.6. The fourth-order valence-corrected chi connectivity index (χ4v) is 9.87. The van der Waals surface area contributed by atoms with Gasteiger partial charge in [0.15, 0.2) is 0 Å². The molecule has 0 fully saturated rings. The Bertz CT molecular complexity index is 1090. The van der Waals surface area contributed by atoms with E-state index in [9.17, 15) is 19.8 Å². The predicted molar refractivity (Wildman–Crippen MR) is 306 cm³/mol. The van der Waals surface area contributed by atoms with Crippen LogP contribution in [0.4, 0.5) is 0 Å². The molecule has 0 aromatic heterocycles. The van der Waals surface area contributed by atoms with Gasteiger partial charge >= 0.3 is 5.97 Å². The number of rotatable bonds is 59. The van der Waals surface area contributed by atoms with Gasteiger partial charge in [-0.1, -0.05) is 301 Å². The molecule has 6 heteroatoms. The van der Waals surface area contributed by atoms with Crippen LogP contribution in [0.3, 0.4) is 0 Å². The normalized spacial score (nSPS) is 12.7. The quantitative estimate of drug-likeness (QED) is 0.0321. The number of unbranched alkanes of at least 4 members (excludes halogenated alkanes) is 46. The van der Waals surface area contributed by atoms with Crippen LogP contribution >= 0.6 is 0 Å². The third kappa shape index (κ3) is 55.7. The molecule has 0 rings (SSSR count). The summed E-state index contributed by atoms with van der Waals surface area (Å²) in [6.07, 6.45) is 73.7. The molecule has 0 spiro atoms. The Labute approximate surface area is 437 Å². The molecule has 1 amide bonds. The number of aliphatic hydroxyl groups excluding tert-OH is 2. The topological polar surface area (TPSA) is 95.9 Å². The molecule has 0 aliphatic heterocycles. The summed E-state index contributed by atoms with van der Waals surface area (Å²) < 4.78 is 5.50. The van der Waals surface area contributed by atoms with Gasteiger partial charge in [-0.25, -0.2) is 0 Å². The second-order valence-corrected chi connectivity index (χ2v) is 21.7. The molecule has 0 aliphatic rings. The average molecular weight is 987 g/mol. The molecule has 6 nitrogen and oxygen atoms in total. The lowest BCUT2D eigenvalue weighted by atomic mass is 10.0. The third-order valence-electron chi connectivity index (χ3n) is 14.7. The van der Waals surface area contributed by atoms with E-state index in [0.717, 1.165) is 44.9 Å². The van der Waals surface area contributed by atoms with E-state index in [-0.39, 0.29) is 18.5 Å². The van der Waals surface area contributed by atoms with Crippen LogP contribution in [-0.4, -0.2) is 47.4 Å². The number of ether oxygens (including phenoxy) is 1. The highest BCUT2D eigenvalue weighted by Gasteiger charge is 2.18. The molecule has 414 valence electrons. The second-order valence-electron chi connectivity index (χ2n) is 21.7. The Kier molecular flexibility index (Phi) is 58.5. The van der Waals surface area contributed by atoms with Gasteiger partial charge in [-0.15, -0.1) is 0 Å². The Morgan fingerprint density at radius 3 is 1.01 bits per heavy atom. The second kappa shape index (κ2) is 59.9. The number of carbonyl (C=O) groups excluding carboxylic acids is 2. The molecule has 2 atom stereocenters. The zero-order valence-electron chi connectivity index (χ0n) is 47.3. The Morgan fingerprint density at radius 2 is 0.671 bits per heavy atom. The van der Waals surface area contributed by atoms with Gasteiger partial charge < -0.3 is 20.3 Å². The van der Waals surface area contributed by atoms with Crippen molar-refractivity contribution in [3.8, 4) is 0 Å². The van der Waals surface area contributed by atoms with E-state index >= 15 is 0 Å². The molecular formula is C64H123NO5. The van der Waals surface area contributed by atoms with E-state index in [1.54, 1.807) is 6.08 Å². The molecule has 0 saturated heterocycles. The van der Waals surface area contributed by atoms with Crippen LogP contribution in [0.5, 0.6) is 0 Å². The van der Waals surface area contributed by atoms with Gasteiger partial charge in [0, 0.05) is 12.8 Å². The zero-order valence-corrected chi connectivity index (χ0v) is 47.3. The van der Waals surface area contributed by atoms with Crippen molar-refractivity contribution in [2.45, 2.75) is 360 Å². The van der Waals surface area contributed by atoms with E-state index < -0.39 is 12.1 Å². The fourth-order valence-electron chi connectivity index (χ4n) is 9.87. The lowest BCUT2D eigenvalue weighted by molar-refractivity contribution is -0.143. The van der Waals surface area contributed by atoms with Crippen LogP contribution in [0.25, 0.3) is 0 Å². The van der Waals surface area contributed by atoms with Crippen molar-refractivity contribution in [1.29, 1.82) is 0 Å². The third-order valence-corrected chi connectivity index (χ3v) is 14.7. The van der Waals surface area contributed by atoms with Crippen molar-refractivity contribution in [3.63, 3.8) is 0 Å². The van der Waals surface area contributed by atoms with Crippen molar-refractivity contribution in [1.82, 2.24) is 5.32 Å². The van der Waals surface area contributed by atoms with Crippen LogP contribution in [0.15, 0.2) is 24.3 Å². The SMILES string of the molecule is CCCCCCCC/C=C\CCCCCCCCCC(=O)OCCCCCCCCCCCCCCCCCCCCCCCCCCCC(=O)NC(CO)C(O)/C=C/CCCCCCCCCCC. The van der Waals surface area contributed by atoms with E-state index in [4.69, 9.17) is 4.74 Å². The summed E-state index contributed by atoms with van der Waals surface area (Å²) in [4.78, 5) is 24.5. The predicted octanol–water partition coefficient (Wildman–Crippen LogP) is 19.8. The maximum atomic E-state index is 12.4. The Balaban J connectivity index is 3.34. The van der Waals surface area contributed by atoms with E-state index in [1.807, 2.05) is 6.08 Å². The van der Waals surface area contributed by atoms with Gasteiger partial charge in [0.1, 0.15) is 0 Å². The lowest BCUT2D eigenvalue weighted by Gasteiger charge is -2.20. The lowest BCUT2D eigenvalue weighted by Crippen LogP contribution is -2.45. The number of allylic oxidation sites excluding steroid dienone is 3. The molecule has 2 unspecified atom stereocenters. The van der Waals surface area contributed by atoms with Gasteiger partial charge in [0.2, 0.25) is 5.91 Å². The first kappa shape index (κ1) is 68.3. The zero-order chi connectivity index (χ0) is 50.7. The molecule has 0 heterocycles. The first-order valence-electron chi connectivity index (χ1n) is 31.6. The highest BCUT2D eigenvalue weighted by atomic mass is 16.5. The maximum Gasteiger partial charge on any atom is 0.305 e. The van der Waals surface area contributed by atoms with E-state index in [1.165, 1.54) is 276 Å². The molecule has 0 aromatic carbocycles. The van der Waals surface area contributed by atoms with Crippen LogP contribution in [-0.2, 0) is 14.3 Å². The molecule has 0 aromatic rings. The Morgan fingerprint density at radius 1 is 0.386 bits per heavy atom. The minimum absolute atomic E-state index is 0.0129. The van der Waals surface area contributed by atoms with Crippen molar-refractivity contribution < 1.29 is 24.5 Å². The minimum atomic E-state index is -0.841. The monoisotopic (exact) mass is 986 g/mol. The average Bonchev–Trinajstić information content (AvgIpc) is 3.36. The van der Waals surface area contributed by atoms with Crippen molar-refractivity contribution in [3.05, 3.63) is 24.3 Å². The first-order chi connectivity index (χ1) is 34.5. The van der Waals surface area contributed by atoms with E-state index in [2.05, 4.69) is 31.3 Å². The smallest absolute Gasteiger partial charge is 0.305 e. The summed E-state index contributed by atoms with van der Waals surface area (Å²) in [6, 6.07) is -0.625. The molecule has 0 radical (unpaired) electrons. The van der Waals surface area contributed by atoms with Crippen molar-refractivity contribution >= 4 is 11.9 Å². The summed E-state index contributed by atoms with van der Waals surface area (Å²) in [5, 5.41) is 23.0. The van der Waals surface area contributed by atoms with Gasteiger partial charge in [-0.05, 0) is 57.8 Å². The summed E-state index contributed by atoms with van der Waals surface area (Å²) in [6.45, 7) is 4.90. The van der Waals surface area contributed by atoms with Gasteiger partial charge in [0.05, 0.1) is 25.4 Å². The van der Waals surface area contributed by atoms with Crippen LogP contribution in [0.1, 0.15) is 348 Å². The van der Waals surface area contributed by atoms with Gasteiger partial charge in [0.25, 0.3) is 0 Å². The summed E-state index contributed by atoms with van der Waals surface area (Å²) >= 11 is 0. The maximum absolute atomic E-state index is 12.4. The van der Waals surface area contributed by atoms with E-state index in [0.29, 0.717) is 19.4 Å². The van der Waals surface area contributed by atoms with Gasteiger partial charge in [-0.3, -0.25) is 9.59 Å². The number of nitrogens with one attached hydrogen (secondary N) is 1. The number of aliphatic hydroxyl groups is 2. The standard InChI is InChI=1S/C64H123NO5/c1-3-5-7-9-11-13-15-16-17-27-31-34-38-42-46-50-54-58-64(69)70-59-55-51-47-43-39-35-32-29-26-24-22-20-18-19-21-23-25-28-30-33-37-41-45-49-53-57-63(68)65-61(60-66)62(67)56-52-48-44-40-36-14-12-10-8-6-4-2/h16-17,52,56,61-62,66-67H,3-15,18-51,53-55,57-60H2,1-2H3,(H,65,68)/b17-16-,56-52+. The number of carbonyl (C=O) groups is 2. The number of esters is 1. The van der Waals surface area contributed by atoms with Gasteiger partial charge in [-0.2, -0.15) is 0 Å². The largest absolute Gasteiger partial charge is 0.466 e. The number of hydrogen-bond acceptors (Lipinski definition) is 5.